The van der Waals surface area contributed by atoms with E-state index in [1.54, 1.807) is 0 Å². The highest BCUT2D eigenvalue weighted by atomic mass is 16.6. The van der Waals surface area contributed by atoms with Crippen molar-refractivity contribution < 1.29 is 76.6 Å². The third-order valence-corrected chi connectivity index (χ3v) is 13.4. The van der Waals surface area contributed by atoms with E-state index < -0.39 is 134 Å². The Morgan fingerprint density at radius 1 is 0.273 bits per heavy atom. The van der Waals surface area contributed by atoms with Crippen molar-refractivity contribution in [2.45, 2.75) is 209 Å². The van der Waals surface area contributed by atoms with Crippen LogP contribution in [-0.2, 0) is 71.5 Å². The van der Waals surface area contributed by atoms with Crippen LogP contribution in [0.25, 0.3) is 0 Å². The van der Waals surface area contributed by atoms with E-state index in [0.717, 1.165) is 32.1 Å². The van der Waals surface area contributed by atoms with E-state index in [2.05, 4.69) is 0 Å². The van der Waals surface area contributed by atoms with Crippen molar-refractivity contribution in [2.24, 2.45) is 97.2 Å². The molecule has 0 aliphatic heterocycles. The van der Waals surface area contributed by atoms with E-state index in [9.17, 15) is 38.4 Å². The number of esters is 7. The summed E-state index contributed by atoms with van der Waals surface area (Å²) in [6.07, 6.45) is 13.0. The lowest BCUT2D eigenvalue weighted by Crippen LogP contribution is -2.48. The van der Waals surface area contributed by atoms with Crippen LogP contribution in [0.1, 0.15) is 154 Å². The number of ether oxygens (including phenoxy) is 7. The maximum atomic E-state index is 12.8. The first-order chi connectivity index (χ1) is 41.9. The topological polar surface area (TPSA) is 638 Å². The molecule has 0 fully saturated rings. The number of nitrogens with two attached hydrogens (primary N) is 16. The lowest BCUT2D eigenvalue weighted by Gasteiger charge is -2.33. The maximum Gasteiger partial charge on any atom is 0.323 e. The average molecular weight is 1270 g/mol. The number of aliphatic carboxylic acids is 1. The third kappa shape index (κ3) is 47.1. The van der Waals surface area contributed by atoms with Crippen LogP contribution in [0, 0.1) is 5.41 Å². The molecule has 8 unspecified atom stereocenters. The van der Waals surface area contributed by atoms with E-state index in [0.29, 0.717) is 174 Å². The van der Waals surface area contributed by atoms with Gasteiger partial charge in [0.1, 0.15) is 93.4 Å². The second-order valence-electron chi connectivity index (χ2n) is 21.7. The summed E-state index contributed by atoms with van der Waals surface area (Å²) in [5, 5.41) is 8.33. The van der Waals surface area contributed by atoms with Gasteiger partial charge in [-0.2, -0.15) is 0 Å². The summed E-state index contributed by atoms with van der Waals surface area (Å²) in [5.74, 6) is -5.88. The fraction of sp³-hybridized carbons (Fsp3) is 0.857. The summed E-state index contributed by atoms with van der Waals surface area (Å²) in [6, 6.07) is -7.06. The lowest BCUT2D eigenvalue weighted by molar-refractivity contribution is -0.173. The molecule has 0 amide bonds. The largest absolute Gasteiger partial charge is 0.480 e. The van der Waals surface area contributed by atoms with Crippen LogP contribution >= 0.6 is 0 Å². The molecule has 8 atom stereocenters. The van der Waals surface area contributed by atoms with Crippen LogP contribution in [0.2, 0.25) is 0 Å². The Bertz CT molecular complexity index is 1670. The van der Waals surface area contributed by atoms with Gasteiger partial charge in [0.05, 0.1) is 0 Å². The molecule has 0 radical (unpaired) electrons. The number of unbranched alkanes of at least 4 members (excludes halogenated alkanes) is 8. The predicted octanol–water partition coefficient (Wildman–Crippen LogP) is -4.15. The normalized spacial score (nSPS) is 14.8. The fourth-order valence-corrected chi connectivity index (χ4v) is 7.52. The van der Waals surface area contributed by atoms with Gasteiger partial charge in [-0.15, -0.1) is 0 Å². The first-order valence-electron chi connectivity index (χ1n) is 31.0. The zero-order valence-corrected chi connectivity index (χ0v) is 52.4. The molecule has 0 heterocycles. The molecule has 0 saturated heterocycles. The Hall–Kier alpha value is -4.88. The second-order valence-corrected chi connectivity index (χ2v) is 21.7. The molecule has 0 aromatic rings. The molecule has 518 valence electrons. The van der Waals surface area contributed by atoms with Gasteiger partial charge in [0, 0.05) is 0 Å². The molecule has 88 heavy (non-hydrogen) atoms. The number of carbonyl (C=O) groups is 8. The highest BCUT2D eigenvalue weighted by molar-refractivity contribution is 5.78. The van der Waals surface area contributed by atoms with E-state index in [-0.39, 0.29) is 13.2 Å². The van der Waals surface area contributed by atoms with E-state index in [4.69, 9.17) is 130 Å². The van der Waals surface area contributed by atoms with Crippen LogP contribution in [0.4, 0.5) is 0 Å². The molecule has 33 N–H and O–H groups in total. The maximum absolute atomic E-state index is 12.8. The first-order valence-corrected chi connectivity index (χ1v) is 31.0. The van der Waals surface area contributed by atoms with Gasteiger partial charge in [0.25, 0.3) is 0 Å². The minimum Gasteiger partial charge on any atom is -0.480 e. The van der Waals surface area contributed by atoms with E-state index in [1.807, 2.05) is 0 Å². The molecule has 0 aromatic carbocycles. The van der Waals surface area contributed by atoms with Crippen molar-refractivity contribution in [1.29, 1.82) is 0 Å². The Kier molecular flexibility index (Phi) is 56.8. The van der Waals surface area contributed by atoms with Crippen LogP contribution in [0.15, 0.2) is 0 Å². The third-order valence-electron chi connectivity index (χ3n) is 13.4. The van der Waals surface area contributed by atoms with Crippen LogP contribution in [0.5, 0.6) is 0 Å². The lowest BCUT2D eigenvalue weighted by atomic mass is 9.91. The summed E-state index contributed by atoms with van der Waals surface area (Å²) < 4.78 is 37.7. The van der Waals surface area contributed by atoms with Crippen molar-refractivity contribution in [1.82, 2.24) is 0 Å². The van der Waals surface area contributed by atoms with Crippen molar-refractivity contribution in [2.75, 3.05) is 92.0 Å². The zero-order valence-electron chi connectivity index (χ0n) is 52.4. The minimum absolute atomic E-state index is 0.328. The van der Waals surface area contributed by atoms with Gasteiger partial charge in [0.2, 0.25) is 0 Å². The van der Waals surface area contributed by atoms with Crippen LogP contribution < -0.4 is 91.7 Å². The van der Waals surface area contributed by atoms with Crippen molar-refractivity contribution in [3.63, 3.8) is 0 Å². The van der Waals surface area contributed by atoms with Gasteiger partial charge < -0.3 is 130 Å². The molecule has 0 rings (SSSR count). The predicted molar refractivity (Wildman–Crippen MR) is 333 cm³/mol. The van der Waals surface area contributed by atoms with Gasteiger partial charge in [0.15, 0.2) is 6.10 Å². The van der Waals surface area contributed by atoms with Crippen molar-refractivity contribution in [3.05, 3.63) is 0 Å². The molecule has 32 nitrogen and oxygen atoms in total. The molecule has 32 heteroatoms. The quantitative estimate of drug-likeness (QED) is 0.0156. The SMILES string of the molecule is NCCCCC(N)C(=O)O.NCCCCC(N)C(=O)OCC(COC(=O)C(N)CCCCN)(COC(=O)C(N)CCCCN)COC(=O)C(N)CCCCN.NCCCCC(N)C(=O)OCC(COC(=O)C(N)CCCCN)OC(=O)C(N)CCCCN. The molecule has 0 spiro atoms. The molecule has 0 bridgehead atoms. The summed E-state index contributed by atoms with van der Waals surface area (Å²) in [7, 11) is 0. The van der Waals surface area contributed by atoms with Gasteiger partial charge in [-0.05, 0) is 155 Å². The molecule has 0 aliphatic rings. The Morgan fingerprint density at radius 2 is 0.455 bits per heavy atom. The fourth-order valence-electron chi connectivity index (χ4n) is 7.52. The van der Waals surface area contributed by atoms with Gasteiger partial charge in [-0.3, -0.25) is 38.4 Å². The number of hydrogen-bond acceptors (Lipinski definition) is 31. The van der Waals surface area contributed by atoms with Crippen molar-refractivity contribution >= 4 is 47.8 Å². The monoisotopic (exact) mass is 1270 g/mol. The number of carbonyl (C=O) groups excluding carboxylic acids is 7. The van der Waals surface area contributed by atoms with Crippen LogP contribution in [-0.4, -0.2) is 199 Å². The average Bonchev–Trinajstić information content (AvgIpc) is 3.64. The Balaban J connectivity index is -0.00000146. The molecular formula is C56H118N16O16. The summed E-state index contributed by atoms with van der Waals surface area (Å²) >= 11 is 0. The van der Waals surface area contributed by atoms with Gasteiger partial charge in [-0.1, -0.05) is 51.4 Å². The van der Waals surface area contributed by atoms with Crippen molar-refractivity contribution in [3.8, 4) is 0 Å². The molecule has 0 aromatic heterocycles. The Labute approximate surface area is 520 Å². The zero-order chi connectivity index (χ0) is 67.1. The Morgan fingerprint density at radius 3 is 0.648 bits per heavy atom. The molecule has 0 saturated carbocycles. The highest BCUT2D eigenvalue weighted by Crippen LogP contribution is 2.23. The minimum atomic E-state index is -1.53. The number of carboxylic acid groups (broad SMARTS) is 1. The molecular weight excluding hydrogens is 1150 g/mol. The second kappa shape index (κ2) is 57.3. The molecule has 0 aliphatic carbocycles. The first kappa shape index (κ1) is 87.3. The summed E-state index contributed by atoms with van der Waals surface area (Å²) in [4.78, 5) is 97.8. The number of rotatable bonds is 53. The summed E-state index contributed by atoms with van der Waals surface area (Å²) in [5.41, 5.74) is 88.8. The van der Waals surface area contributed by atoms with Crippen LogP contribution in [0.3, 0.4) is 0 Å². The van der Waals surface area contributed by atoms with E-state index in [1.165, 1.54) is 0 Å². The standard InChI is InChI=1S/C29H60N8O8.C21H44N6O6.C6H14N2O2/c30-13-5-1-9-21(34)25(38)42-17-29(18-43-26(39)22(35)10-2-6-14-31,19-44-27(40)23(36)11-3-7-15-32)20-45-28(41)24(37)12-4-8-16-33;22-10-4-1-7-16(25)19(28)31-13-15(33-21(30)18(27)9-3-6-12-24)14-32-20(29)17(26)8-2-5-11-23;7-4-2-1-3-5(8)6(9)10/h21-24H,1-20,30-37H2;15-18H,1-14,22-27H2;5H,1-4,7-8H2,(H,9,10). The number of carboxylic acids is 1. The van der Waals surface area contributed by atoms with E-state index >= 15 is 0 Å². The van der Waals surface area contributed by atoms with Gasteiger partial charge >= 0.3 is 47.8 Å². The number of hydrogen-bond donors (Lipinski definition) is 17. The highest BCUT2D eigenvalue weighted by Gasteiger charge is 2.40. The van der Waals surface area contributed by atoms with Gasteiger partial charge in [-0.25, -0.2) is 0 Å². The smallest absolute Gasteiger partial charge is 0.323 e. The summed E-state index contributed by atoms with van der Waals surface area (Å²) in [6.45, 7) is 1.34.